The Balaban J connectivity index is 0.0000000948. The summed E-state index contributed by atoms with van der Waals surface area (Å²) in [6, 6.07) is 28.0. The molecule has 0 bridgehead atoms. The summed E-state index contributed by atoms with van der Waals surface area (Å²) in [5.41, 5.74) is 28.9. The second-order valence-electron chi connectivity index (χ2n) is 35.2. The third-order valence-corrected chi connectivity index (χ3v) is 36.7. The molecule has 750 valence electrons. The van der Waals surface area contributed by atoms with Crippen molar-refractivity contribution >= 4 is 125 Å². The van der Waals surface area contributed by atoms with Gasteiger partial charge >= 0.3 is 0 Å². The third kappa shape index (κ3) is 23.5. The summed E-state index contributed by atoms with van der Waals surface area (Å²) in [6.07, 6.45) is 32.5. The fourth-order valence-electron chi connectivity index (χ4n) is 18.7. The quantitative estimate of drug-likeness (QED) is 0.0669. The Kier molecular flexibility index (Phi) is 33.4. The SMILES string of the molecule is Cc1[nH]cnc1C1OCCc2ccsc21.Cc1cc(C2OCCc3ccsc32)n[nH]1.Cc1ncc(C2OCCc3ccsc32)[nH]1.Cn1cncc1C1OCCc2ccsc21.Cn1nccc1C1OCCc2ccsc21.c1cc(C2OCCc3ccsc32)[nH]n1.c1nc(C2OCCc3ccsc32)cs1.c1ncc(C2OCCc3ccsc32)[nH]1.c1ncc([C@@H]2OCCc3ccsc32)[nH]1.c1ncc([C@H]2OCCc3ccsc32)[nH]1. The first-order valence-electron chi connectivity index (χ1n) is 48.1. The van der Waals surface area contributed by atoms with E-state index in [4.69, 9.17) is 47.4 Å². The van der Waals surface area contributed by atoms with Crippen LogP contribution in [0.3, 0.4) is 0 Å². The molecule has 10 aliphatic rings. The van der Waals surface area contributed by atoms with Crippen LogP contribution in [0.1, 0.15) is 240 Å². The molecular formula is C105H109N19O10S11. The molecular weight excluding hydrogens is 2040 g/mol. The van der Waals surface area contributed by atoms with E-state index in [1.54, 1.807) is 156 Å². The Hall–Kier alpha value is -10.9. The first kappa shape index (κ1) is 100. The third-order valence-electron chi connectivity index (χ3n) is 26.0. The summed E-state index contributed by atoms with van der Waals surface area (Å²) in [5.74, 6) is 0.942. The number of hydrogen-bond acceptors (Lipinski definition) is 31. The van der Waals surface area contributed by atoms with Gasteiger partial charge in [0.25, 0.3) is 0 Å². The van der Waals surface area contributed by atoms with Crippen LogP contribution in [0.5, 0.6) is 0 Å². The zero-order valence-corrected chi connectivity index (χ0v) is 89.2. The van der Waals surface area contributed by atoms with Gasteiger partial charge in [-0.15, -0.1) is 125 Å². The van der Waals surface area contributed by atoms with Gasteiger partial charge in [-0.25, -0.2) is 34.9 Å². The monoisotopic (exact) mass is 2150 g/mol. The molecule has 29 nitrogen and oxygen atoms in total. The van der Waals surface area contributed by atoms with E-state index in [1.165, 1.54) is 104 Å². The van der Waals surface area contributed by atoms with Crippen molar-refractivity contribution in [2.75, 3.05) is 66.1 Å². The molecule has 30 rings (SSSR count). The zero-order chi connectivity index (χ0) is 98.2. The molecule has 0 saturated carbocycles. The van der Waals surface area contributed by atoms with E-state index in [2.05, 4.69) is 211 Å². The maximum Gasteiger partial charge on any atom is 0.136 e. The maximum absolute atomic E-state index is 5.84. The molecule has 7 N–H and O–H groups in total. The Morgan fingerprint density at radius 1 is 0.317 bits per heavy atom. The van der Waals surface area contributed by atoms with Crippen molar-refractivity contribution in [3.8, 4) is 0 Å². The van der Waals surface area contributed by atoms with Gasteiger partial charge in [0, 0.05) is 92.0 Å². The first-order valence-corrected chi connectivity index (χ1v) is 57.8. The second kappa shape index (κ2) is 48.4. The van der Waals surface area contributed by atoms with Crippen LogP contribution in [-0.4, -0.2) is 161 Å². The maximum atomic E-state index is 5.84. The Morgan fingerprint density at radius 2 is 0.676 bits per heavy atom. The first-order chi connectivity index (χ1) is 71.5. The fraction of sp³-hybridized carbons (Fsp3) is 0.333. The Labute approximate surface area is 882 Å². The number of hydrogen-bond donors (Lipinski definition) is 7. The van der Waals surface area contributed by atoms with E-state index in [-0.39, 0.29) is 61.0 Å². The molecule has 30 heterocycles. The molecule has 40 heteroatoms. The normalized spacial score (nSPS) is 20.4. The lowest BCUT2D eigenvalue weighted by Gasteiger charge is -2.23. The van der Waals surface area contributed by atoms with Crippen molar-refractivity contribution in [1.82, 2.24) is 94.6 Å². The number of thiazole rings is 1. The van der Waals surface area contributed by atoms with E-state index in [9.17, 15) is 0 Å². The molecule has 8 unspecified atom stereocenters. The number of aromatic amines is 7. The van der Waals surface area contributed by atoms with Crippen LogP contribution in [0.4, 0.5) is 0 Å². The number of imidazole rings is 6. The molecule has 0 saturated heterocycles. The van der Waals surface area contributed by atoms with E-state index in [0.717, 1.165) is 204 Å². The second-order valence-corrected chi connectivity index (χ2v) is 45.4. The molecule has 0 amide bonds. The van der Waals surface area contributed by atoms with Crippen LogP contribution < -0.4 is 0 Å². The van der Waals surface area contributed by atoms with Crippen molar-refractivity contribution in [1.29, 1.82) is 0 Å². The van der Waals surface area contributed by atoms with Gasteiger partial charge in [-0.1, -0.05) is 0 Å². The minimum absolute atomic E-state index is 0.0405. The summed E-state index contributed by atoms with van der Waals surface area (Å²) in [4.78, 5) is 58.0. The number of aromatic nitrogens is 19. The lowest BCUT2D eigenvalue weighted by atomic mass is 10.0. The van der Waals surface area contributed by atoms with E-state index in [0.29, 0.717) is 0 Å². The number of nitrogens with one attached hydrogen (secondary N) is 7. The highest BCUT2D eigenvalue weighted by Crippen LogP contribution is 2.46. The van der Waals surface area contributed by atoms with Crippen LogP contribution in [0.25, 0.3) is 0 Å². The smallest absolute Gasteiger partial charge is 0.136 e. The van der Waals surface area contributed by atoms with Gasteiger partial charge < -0.3 is 76.9 Å². The van der Waals surface area contributed by atoms with E-state index in [1.807, 2.05) is 105 Å². The van der Waals surface area contributed by atoms with Crippen molar-refractivity contribution in [2.24, 2.45) is 14.1 Å². The number of nitrogens with zero attached hydrogens (tertiary/aromatic N) is 12. The predicted octanol–water partition coefficient (Wildman–Crippen LogP) is 23.0. The number of fused-ring (bicyclic) bond motifs is 10. The molecule has 145 heavy (non-hydrogen) atoms. The molecule has 0 aliphatic carbocycles. The van der Waals surface area contributed by atoms with E-state index < -0.39 is 0 Å². The van der Waals surface area contributed by atoms with E-state index >= 15 is 0 Å². The van der Waals surface area contributed by atoms with Crippen molar-refractivity contribution in [2.45, 2.75) is 146 Å². The molecule has 20 aromatic rings. The molecule has 10 atom stereocenters. The van der Waals surface area contributed by atoms with Crippen LogP contribution in [-0.2, 0) is 126 Å². The topological polar surface area (TPSA) is 342 Å². The molecule has 20 aromatic heterocycles. The van der Waals surface area contributed by atoms with Gasteiger partial charge in [0.2, 0.25) is 0 Å². The Morgan fingerprint density at radius 3 is 0.993 bits per heavy atom. The molecule has 0 radical (unpaired) electrons. The minimum Gasteiger partial charge on any atom is -0.366 e. The minimum atomic E-state index is 0.0405. The highest BCUT2D eigenvalue weighted by atomic mass is 32.1. The average Bonchev–Trinajstić information content (AvgIpc) is 1.65. The standard InChI is InChI=1S/5C11H12N2OS.4C10H10N2OS.C10H9NOS2/c1-13-9(2-5-12-13)10-11-8(3-6-14-10)4-7-15-11;1-13-7-12-6-9(13)10-11-8(2-4-14-10)3-5-15-11;1-7-9(13-6-12-7)10-11-8(2-4-14-10)3-5-15-11;1-7-12-6-9(13-7)10-11-8(2-4-14-10)3-5-15-11;1-7-6-9(13-12-7)10-11-8(2-4-14-10)3-5-15-11;1-4-11-12-8(1)9-10-7(2-5-13-9)3-6-14-10;3*1-3-13-9(8-5-11-6-12-8)10-7(1)2-4-14-10;1-3-12-9(8-5-13-6-11-8)10-7(1)2-4-14-10/h2,4-5,7,10H,3,6H2,1H3;3,5-7,10H,2,4H2,1H3;3*3,5-6,10H,2,4H2,1H3,(H,12,13);1,3-4,6,9H,2,5H2,(H,11,12);3*2,4-6,9H,1,3H2,(H,11,12);2,4-6,9H,1,3H2/t;;;;;;2*9-;;/m......10../s1. The van der Waals surface area contributed by atoms with Crippen LogP contribution >= 0.6 is 125 Å². The largest absolute Gasteiger partial charge is 0.366 e. The molecule has 10 aliphatic heterocycles. The summed E-state index contributed by atoms with van der Waals surface area (Å²) < 4.78 is 61.7. The van der Waals surface area contributed by atoms with Gasteiger partial charge in [-0.3, -0.25) is 14.9 Å². The summed E-state index contributed by atoms with van der Waals surface area (Å²) in [6.45, 7) is 14.0. The molecule has 0 fully saturated rings. The number of thiophene rings is 10. The highest BCUT2D eigenvalue weighted by molar-refractivity contribution is 7.13. The number of ether oxygens (including phenoxy) is 10. The van der Waals surface area contributed by atoms with Crippen molar-refractivity contribution < 1.29 is 47.4 Å². The van der Waals surface area contributed by atoms with Crippen LogP contribution in [0.2, 0.25) is 0 Å². The summed E-state index contributed by atoms with van der Waals surface area (Å²) in [5, 5.41) is 41.8. The lowest BCUT2D eigenvalue weighted by Crippen LogP contribution is -2.17. The van der Waals surface area contributed by atoms with Crippen molar-refractivity contribution in [3.63, 3.8) is 0 Å². The van der Waals surface area contributed by atoms with Crippen LogP contribution in [0, 0.1) is 20.8 Å². The zero-order valence-electron chi connectivity index (χ0n) is 80.2. The van der Waals surface area contributed by atoms with Gasteiger partial charge in [0.05, 0.1) is 191 Å². The lowest BCUT2D eigenvalue weighted by molar-refractivity contribution is 0.0675. The van der Waals surface area contributed by atoms with Gasteiger partial charge in [0.1, 0.15) is 66.9 Å². The van der Waals surface area contributed by atoms with Crippen LogP contribution in [0.15, 0.2) is 219 Å². The highest BCUT2D eigenvalue weighted by Gasteiger charge is 2.35. The molecule has 0 spiro atoms. The number of H-pyrrole nitrogens is 7. The summed E-state index contributed by atoms with van der Waals surface area (Å²) >= 11 is 19.3. The summed E-state index contributed by atoms with van der Waals surface area (Å²) in [7, 11) is 3.97. The predicted molar refractivity (Wildman–Crippen MR) is 571 cm³/mol. The fourth-order valence-corrected chi connectivity index (χ4v) is 29.5. The number of aryl methyl sites for hydroxylation is 5. The molecule has 0 aromatic carbocycles. The average molecular weight is 2150 g/mol. The number of rotatable bonds is 10. The van der Waals surface area contributed by atoms with Crippen molar-refractivity contribution in [3.05, 3.63) is 397 Å². The Bertz CT molecular complexity index is 6540. The van der Waals surface area contributed by atoms with Gasteiger partial charge in [-0.05, 0) is 273 Å². The van der Waals surface area contributed by atoms with Gasteiger partial charge in [0.15, 0.2) is 0 Å². The van der Waals surface area contributed by atoms with Gasteiger partial charge in [-0.2, -0.15) is 15.3 Å².